The number of carboxylic acid groups (broad SMARTS) is 2. The minimum atomic E-state index is -1.84. The van der Waals surface area contributed by atoms with E-state index in [1.165, 1.54) is 32.6 Å². The number of aliphatic carboxylic acids is 2. The van der Waals surface area contributed by atoms with Crippen LogP contribution in [-0.2, 0) is 9.59 Å². The molecule has 0 unspecified atom stereocenters. The Hall–Kier alpha value is -3.01. The summed E-state index contributed by atoms with van der Waals surface area (Å²) in [5, 5.41) is 30.3. The number of carbonyl (C=O) groups is 2. The van der Waals surface area contributed by atoms with E-state index in [9.17, 15) is 5.11 Å². The third-order valence-electron chi connectivity index (χ3n) is 5.23. The van der Waals surface area contributed by atoms with Gasteiger partial charge in [-0.2, -0.15) is 0 Å². The van der Waals surface area contributed by atoms with E-state index in [-0.39, 0.29) is 6.61 Å². The molecule has 0 saturated heterocycles. The lowest BCUT2D eigenvalue weighted by Crippen LogP contribution is -2.37. The van der Waals surface area contributed by atoms with Crippen molar-refractivity contribution in [1.82, 2.24) is 0 Å². The van der Waals surface area contributed by atoms with Crippen molar-refractivity contribution in [1.29, 1.82) is 0 Å². The highest BCUT2D eigenvalue weighted by Gasteiger charge is 2.47. The molecule has 3 aromatic rings. The first-order valence-electron chi connectivity index (χ1n) is 11.1. The third kappa shape index (κ3) is 8.09. The highest BCUT2D eigenvalue weighted by molar-refractivity contribution is 7.96. The van der Waals surface area contributed by atoms with Crippen molar-refractivity contribution in [2.75, 3.05) is 12.8 Å². The normalized spacial score (nSPS) is 10.3. The van der Waals surface area contributed by atoms with Gasteiger partial charge in [-0.15, -0.1) is 0 Å². The summed E-state index contributed by atoms with van der Waals surface area (Å²) in [5.74, 6) is -1.92. The smallest absolute Gasteiger partial charge is 0.300 e. The summed E-state index contributed by atoms with van der Waals surface area (Å²) in [7, 11) is -1.84. The van der Waals surface area contributed by atoms with E-state index in [2.05, 4.69) is 93.6 Å². The highest BCUT2D eigenvalue weighted by Crippen LogP contribution is 2.57. The summed E-state index contributed by atoms with van der Waals surface area (Å²) < 4.78 is 0. The molecular weight excluding hydrogens is 447 g/mol. The standard InChI is InChI=1S/C24H28OP.2C2H4O2/c1-19-11-4-7-14-22(19)26(18-10-17-25,23-15-8-5-12-20(23)2)24-16-9-6-13-21(24)3;2*1-2(3)4/h4-9,11-16,25H,10,17-18H2,1-3H3;2*1H3,(H,3,4)/q+1;;/p-1. The topological polar surface area (TPSA) is 97.7 Å². The lowest BCUT2D eigenvalue weighted by molar-refractivity contribution is -0.302. The van der Waals surface area contributed by atoms with Crippen LogP contribution in [0.2, 0.25) is 0 Å². The van der Waals surface area contributed by atoms with Crippen LogP contribution >= 0.6 is 7.26 Å². The second-order valence-electron chi connectivity index (χ2n) is 7.98. The van der Waals surface area contributed by atoms with Crippen LogP contribution in [0.5, 0.6) is 0 Å². The predicted molar refractivity (Wildman–Crippen MR) is 140 cm³/mol. The van der Waals surface area contributed by atoms with E-state index in [1.54, 1.807) is 0 Å². The molecule has 182 valence electrons. The minimum Gasteiger partial charge on any atom is -0.550 e. The quantitative estimate of drug-likeness (QED) is 0.526. The first-order chi connectivity index (χ1) is 16.1. The molecule has 34 heavy (non-hydrogen) atoms. The van der Waals surface area contributed by atoms with E-state index < -0.39 is 19.2 Å². The van der Waals surface area contributed by atoms with Crippen molar-refractivity contribution < 1.29 is 24.9 Å². The number of aryl methyl sites for hydroxylation is 3. The Bertz CT molecular complexity index is 947. The summed E-state index contributed by atoms with van der Waals surface area (Å²) in [6.07, 6.45) is 1.80. The molecule has 3 rings (SSSR count). The second-order valence-corrected chi connectivity index (χ2v) is 11.5. The number of hydrogen-bond donors (Lipinski definition) is 2. The molecule has 0 atom stereocenters. The van der Waals surface area contributed by atoms with Crippen LogP contribution in [0.3, 0.4) is 0 Å². The van der Waals surface area contributed by atoms with Crippen LogP contribution in [0.25, 0.3) is 0 Å². The molecular formula is C28H35O5P. The van der Waals surface area contributed by atoms with Gasteiger partial charge in [-0.3, -0.25) is 4.79 Å². The van der Waals surface area contributed by atoms with E-state index in [0.29, 0.717) is 0 Å². The molecule has 0 aliphatic rings. The van der Waals surface area contributed by atoms with Crippen molar-refractivity contribution in [3.63, 3.8) is 0 Å². The first-order valence-corrected chi connectivity index (χ1v) is 13.1. The van der Waals surface area contributed by atoms with Gasteiger partial charge in [0.1, 0.15) is 23.2 Å². The molecule has 0 amide bonds. The Balaban J connectivity index is 0.000000629. The molecule has 0 radical (unpaired) electrons. The summed E-state index contributed by atoms with van der Waals surface area (Å²) in [6, 6.07) is 26.4. The fourth-order valence-electron chi connectivity index (χ4n) is 4.03. The highest BCUT2D eigenvalue weighted by atomic mass is 31.2. The summed E-state index contributed by atoms with van der Waals surface area (Å²) >= 11 is 0. The zero-order valence-electron chi connectivity index (χ0n) is 20.6. The number of aliphatic hydroxyl groups is 1. The average Bonchev–Trinajstić information content (AvgIpc) is 2.76. The van der Waals surface area contributed by atoms with Gasteiger partial charge in [0.25, 0.3) is 5.97 Å². The molecule has 0 aliphatic heterocycles. The zero-order valence-corrected chi connectivity index (χ0v) is 21.5. The van der Waals surface area contributed by atoms with E-state index in [1.807, 2.05) is 0 Å². The summed E-state index contributed by atoms with van der Waals surface area (Å²) in [6.45, 7) is 8.95. The van der Waals surface area contributed by atoms with Crippen molar-refractivity contribution in [3.8, 4) is 0 Å². The maximum atomic E-state index is 9.70. The number of rotatable bonds is 6. The summed E-state index contributed by atoms with van der Waals surface area (Å²) in [5.41, 5.74) is 4.01. The average molecular weight is 483 g/mol. The number of carbonyl (C=O) groups excluding carboxylic acids is 1. The van der Waals surface area contributed by atoms with Crippen molar-refractivity contribution in [2.45, 2.75) is 41.0 Å². The van der Waals surface area contributed by atoms with Crippen molar-refractivity contribution in [2.24, 2.45) is 0 Å². The maximum Gasteiger partial charge on any atom is 0.300 e. The number of carboxylic acids is 2. The minimum absolute atomic E-state index is 0.228. The van der Waals surface area contributed by atoms with Crippen molar-refractivity contribution in [3.05, 3.63) is 89.5 Å². The molecule has 0 spiro atoms. The van der Waals surface area contributed by atoms with E-state index in [4.69, 9.17) is 19.8 Å². The second kappa shape index (κ2) is 14.3. The molecule has 0 heterocycles. The fraction of sp³-hybridized carbons (Fsp3) is 0.286. The Morgan fingerprint density at radius 2 is 1.00 bits per heavy atom. The number of aliphatic hydroxyl groups excluding tert-OH is 1. The van der Waals surface area contributed by atoms with Gasteiger partial charge in [-0.25, -0.2) is 0 Å². The molecule has 2 N–H and O–H groups in total. The van der Waals surface area contributed by atoms with Crippen LogP contribution in [0.4, 0.5) is 0 Å². The zero-order chi connectivity index (χ0) is 25.7. The third-order valence-corrected chi connectivity index (χ3v) is 10.2. The van der Waals surface area contributed by atoms with Crippen molar-refractivity contribution >= 4 is 35.1 Å². The molecule has 6 heteroatoms. The number of benzene rings is 3. The molecule has 0 fully saturated rings. The predicted octanol–water partition coefficient (Wildman–Crippen LogP) is 3.14. The van der Waals surface area contributed by atoms with Gasteiger partial charge >= 0.3 is 0 Å². The van der Waals surface area contributed by atoms with Gasteiger partial charge < -0.3 is 20.1 Å². The lowest BCUT2D eigenvalue weighted by atomic mass is 10.2. The Labute approximate surface area is 203 Å². The number of hydrogen-bond acceptors (Lipinski definition) is 4. The van der Waals surface area contributed by atoms with Gasteiger partial charge in [-0.05, 0) is 62.6 Å². The van der Waals surface area contributed by atoms with Gasteiger partial charge in [0, 0.05) is 25.9 Å². The molecule has 0 bridgehead atoms. The molecule has 0 aromatic heterocycles. The van der Waals surface area contributed by atoms with Crippen LogP contribution < -0.4 is 21.0 Å². The fourth-order valence-corrected chi connectivity index (χ4v) is 9.20. The molecule has 0 saturated carbocycles. The Morgan fingerprint density at radius 1 is 0.735 bits per heavy atom. The molecule has 3 aromatic carbocycles. The van der Waals surface area contributed by atoms with Gasteiger partial charge in [-0.1, -0.05) is 54.6 Å². The maximum absolute atomic E-state index is 9.70. The Morgan fingerprint density at radius 3 is 1.24 bits per heavy atom. The largest absolute Gasteiger partial charge is 0.550 e. The van der Waals surface area contributed by atoms with Gasteiger partial charge in [0.05, 0.1) is 6.16 Å². The Kier molecular flexibility index (Phi) is 12.2. The van der Waals surface area contributed by atoms with Gasteiger partial charge in [0.2, 0.25) is 0 Å². The lowest BCUT2D eigenvalue weighted by Gasteiger charge is -2.31. The molecule has 5 nitrogen and oxygen atoms in total. The summed E-state index contributed by atoms with van der Waals surface area (Å²) in [4.78, 5) is 17.9. The monoisotopic (exact) mass is 482 g/mol. The molecule has 0 aliphatic carbocycles. The van der Waals surface area contributed by atoms with Gasteiger partial charge in [0.15, 0.2) is 0 Å². The van der Waals surface area contributed by atoms with Crippen LogP contribution in [0.15, 0.2) is 72.8 Å². The first kappa shape index (κ1) is 29.0. The van der Waals surface area contributed by atoms with E-state index >= 15 is 0 Å². The SMILES string of the molecule is CC(=O)O.CC(=O)[O-].Cc1ccccc1[P+](CCCO)(c1ccccc1C)c1ccccc1C. The van der Waals surface area contributed by atoms with Crippen LogP contribution in [-0.4, -0.2) is 34.9 Å². The van der Waals surface area contributed by atoms with Crippen LogP contribution in [0.1, 0.15) is 37.0 Å². The van der Waals surface area contributed by atoms with Crippen LogP contribution in [0, 0.1) is 20.8 Å². The van der Waals surface area contributed by atoms with E-state index in [0.717, 1.165) is 26.4 Å².